The summed E-state index contributed by atoms with van der Waals surface area (Å²) in [6.07, 6.45) is -5.14. The fraction of sp³-hybridized carbons (Fsp3) is 0.455. The second-order valence-electron chi connectivity index (χ2n) is 3.53. The van der Waals surface area contributed by atoms with E-state index in [1.807, 2.05) is 13.0 Å². The molecule has 90 valence electrons. The Labute approximate surface area is 92.2 Å². The summed E-state index contributed by atoms with van der Waals surface area (Å²) in [5.41, 5.74) is 7.20. The van der Waals surface area contributed by atoms with Gasteiger partial charge in [0.1, 0.15) is 5.75 Å². The Kier molecular flexibility index (Phi) is 4.18. The minimum atomic E-state index is -4.19. The van der Waals surface area contributed by atoms with Crippen LogP contribution in [0.5, 0.6) is 5.75 Å². The Morgan fingerprint density at radius 1 is 1.31 bits per heavy atom. The van der Waals surface area contributed by atoms with Gasteiger partial charge in [0.15, 0.2) is 0 Å². The first-order valence-corrected chi connectivity index (χ1v) is 4.91. The van der Waals surface area contributed by atoms with Gasteiger partial charge < -0.3 is 10.5 Å². The minimum absolute atomic E-state index is 0.253. The zero-order valence-corrected chi connectivity index (χ0v) is 8.97. The van der Waals surface area contributed by atoms with Crippen LogP contribution in [0.25, 0.3) is 0 Å². The van der Waals surface area contributed by atoms with Gasteiger partial charge in [0.2, 0.25) is 0 Å². The van der Waals surface area contributed by atoms with E-state index in [4.69, 9.17) is 10.5 Å². The van der Waals surface area contributed by atoms with Crippen LogP contribution in [-0.4, -0.2) is 12.8 Å². The van der Waals surface area contributed by atoms with Gasteiger partial charge in [-0.3, -0.25) is 0 Å². The van der Waals surface area contributed by atoms with E-state index < -0.39 is 12.6 Å². The molecule has 1 rings (SSSR count). The Morgan fingerprint density at radius 3 is 2.56 bits per heavy atom. The van der Waals surface area contributed by atoms with Gasteiger partial charge in [-0.05, 0) is 13.0 Å². The van der Waals surface area contributed by atoms with Gasteiger partial charge in [-0.15, -0.1) is 0 Å². The Hall–Kier alpha value is -1.23. The minimum Gasteiger partial charge on any atom is -0.493 e. The number of benzene rings is 1. The second-order valence-corrected chi connectivity index (χ2v) is 3.53. The number of rotatable bonds is 4. The molecule has 0 heterocycles. The SMILES string of the molecule is Cc1ccc(OCCC(F)(F)F)c(CN)c1. The van der Waals surface area contributed by atoms with Crippen LogP contribution in [-0.2, 0) is 6.54 Å². The van der Waals surface area contributed by atoms with Crippen molar-refractivity contribution < 1.29 is 17.9 Å². The van der Waals surface area contributed by atoms with Gasteiger partial charge in [0.05, 0.1) is 13.0 Å². The fourth-order valence-corrected chi connectivity index (χ4v) is 1.29. The average molecular weight is 233 g/mol. The van der Waals surface area contributed by atoms with E-state index in [0.717, 1.165) is 11.1 Å². The molecule has 1 aromatic carbocycles. The smallest absolute Gasteiger partial charge is 0.392 e. The van der Waals surface area contributed by atoms with Gasteiger partial charge in [-0.2, -0.15) is 13.2 Å². The molecular weight excluding hydrogens is 219 g/mol. The van der Waals surface area contributed by atoms with E-state index in [-0.39, 0.29) is 13.2 Å². The summed E-state index contributed by atoms with van der Waals surface area (Å²) in [5, 5.41) is 0. The van der Waals surface area contributed by atoms with Crippen molar-refractivity contribution >= 4 is 0 Å². The third kappa shape index (κ3) is 4.10. The van der Waals surface area contributed by atoms with Gasteiger partial charge in [-0.25, -0.2) is 0 Å². The zero-order chi connectivity index (χ0) is 12.2. The summed E-state index contributed by atoms with van der Waals surface area (Å²) < 4.78 is 40.8. The zero-order valence-electron chi connectivity index (χ0n) is 8.97. The molecular formula is C11H14F3NO. The van der Waals surface area contributed by atoms with Crippen molar-refractivity contribution in [3.63, 3.8) is 0 Å². The van der Waals surface area contributed by atoms with Gasteiger partial charge >= 0.3 is 6.18 Å². The van der Waals surface area contributed by atoms with Crippen molar-refractivity contribution in [1.29, 1.82) is 0 Å². The maximum Gasteiger partial charge on any atom is 0.392 e. The quantitative estimate of drug-likeness (QED) is 0.867. The molecule has 0 unspecified atom stereocenters. The Balaban J connectivity index is 2.60. The molecule has 0 bridgehead atoms. The molecule has 0 aromatic heterocycles. The Morgan fingerprint density at radius 2 is 2.00 bits per heavy atom. The highest BCUT2D eigenvalue weighted by Crippen LogP contribution is 2.23. The maximum absolute atomic E-state index is 11.9. The molecule has 0 fully saturated rings. The highest BCUT2D eigenvalue weighted by molar-refractivity contribution is 5.36. The van der Waals surface area contributed by atoms with Crippen LogP contribution in [0.4, 0.5) is 13.2 Å². The summed E-state index contributed by atoms with van der Waals surface area (Å²) in [7, 11) is 0. The van der Waals surface area contributed by atoms with Gasteiger partial charge in [0.25, 0.3) is 0 Å². The van der Waals surface area contributed by atoms with Gasteiger partial charge in [0, 0.05) is 12.1 Å². The number of alkyl halides is 3. The molecule has 16 heavy (non-hydrogen) atoms. The van der Waals surface area contributed by atoms with Crippen molar-refractivity contribution in [2.75, 3.05) is 6.61 Å². The lowest BCUT2D eigenvalue weighted by molar-refractivity contribution is -0.139. The molecule has 0 saturated heterocycles. The van der Waals surface area contributed by atoms with E-state index >= 15 is 0 Å². The molecule has 1 aromatic rings. The van der Waals surface area contributed by atoms with E-state index in [1.54, 1.807) is 12.1 Å². The number of hydrogen-bond donors (Lipinski definition) is 1. The Bertz CT molecular complexity index is 350. The summed E-state index contributed by atoms with van der Waals surface area (Å²) in [6.45, 7) is 1.77. The topological polar surface area (TPSA) is 35.2 Å². The molecule has 0 aliphatic carbocycles. The number of halogens is 3. The fourth-order valence-electron chi connectivity index (χ4n) is 1.29. The molecule has 2 nitrogen and oxygen atoms in total. The molecule has 0 aliphatic heterocycles. The van der Waals surface area contributed by atoms with Crippen LogP contribution in [0.15, 0.2) is 18.2 Å². The predicted molar refractivity (Wildman–Crippen MR) is 55.2 cm³/mol. The molecule has 0 aliphatic rings. The third-order valence-corrected chi connectivity index (χ3v) is 2.08. The number of ether oxygens (including phenoxy) is 1. The standard InChI is InChI=1S/C11H14F3NO/c1-8-2-3-10(9(6-8)7-15)16-5-4-11(12,13)14/h2-3,6H,4-5,7,15H2,1H3. The summed E-state index contributed by atoms with van der Waals surface area (Å²) in [4.78, 5) is 0. The summed E-state index contributed by atoms with van der Waals surface area (Å²) >= 11 is 0. The maximum atomic E-state index is 11.9. The van der Waals surface area contributed by atoms with Crippen molar-refractivity contribution in [2.45, 2.75) is 26.1 Å². The number of nitrogens with two attached hydrogens (primary N) is 1. The van der Waals surface area contributed by atoms with Crippen LogP contribution in [0.1, 0.15) is 17.5 Å². The van der Waals surface area contributed by atoms with Gasteiger partial charge in [-0.1, -0.05) is 17.7 Å². The second kappa shape index (κ2) is 5.21. The summed E-state index contributed by atoms with van der Waals surface area (Å²) in [6, 6.07) is 5.24. The average Bonchev–Trinajstić information content (AvgIpc) is 2.18. The summed E-state index contributed by atoms with van der Waals surface area (Å²) in [5.74, 6) is 0.428. The van der Waals surface area contributed by atoms with Crippen LogP contribution < -0.4 is 10.5 Å². The molecule has 2 N–H and O–H groups in total. The highest BCUT2D eigenvalue weighted by atomic mass is 19.4. The first kappa shape index (κ1) is 12.8. The molecule has 0 saturated carbocycles. The molecule has 0 atom stereocenters. The first-order valence-electron chi connectivity index (χ1n) is 4.91. The molecule has 0 spiro atoms. The number of aryl methyl sites for hydroxylation is 1. The lowest BCUT2D eigenvalue weighted by Crippen LogP contribution is -2.14. The third-order valence-electron chi connectivity index (χ3n) is 2.08. The molecule has 0 amide bonds. The van der Waals surface area contributed by atoms with Crippen LogP contribution in [0.3, 0.4) is 0 Å². The lowest BCUT2D eigenvalue weighted by atomic mass is 10.1. The van der Waals surface area contributed by atoms with E-state index in [2.05, 4.69) is 0 Å². The molecule has 0 radical (unpaired) electrons. The van der Waals surface area contributed by atoms with Crippen LogP contribution in [0.2, 0.25) is 0 Å². The normalized spacial score (nSPS) is 11.6. The first-order chi connectivity index (χ1) is 7.42. The lowest BCUT2D eigenvalue weighted by Gasteiger charge is -2.12. The largest absolute Gasteiger partial charge is 0.493 e. The van der Waals surface area contributed by atoms with Crippen molar-refractivity contribution in [3.8, 4) is 5.75 Å². The number of hydrogen-bond acceptors (Lipinski definition) is 2. The van der Waals surface area contributed by atoms with E-state index in [1.165, 1.54) is 0 Å². The van der Waals surface area contributed by atoms with Crippen LogP contribution in [0, 0.1) is 6.92 Å². The van der Waals surface area contributed by atoms with E-state index in [9.17, 15) is 13.2 Å². The van der Waals surface area contributed by atoms with Crippen molar-refractivity contribution in [1.82, 2.24) is 0 Å². The van der Waals surface area contributed by atoms with Crippen molar-refractivity contribution in [2.24, 2.45) is 5.73 Å². The molecule has 5 heteroatoms. The monoisotopic (exact) mass is 233 g/mol. The highest BCUT2D eigenvalue weighted by Gasteiger charge is 2.26. The van der Waals surface area contributed by atoms with Crippen molar-refractivity contribution in [3.05, 3.63) is 29.3 Å². The predicted octanol–water partition coefficient (Wildman–Crippen LogP) is 2.78. The van der Waals surface area contributed by atoms with Crippen LogP contribution >= 0.6 is 0 Å². The van der Waals surface area contributed by atoms with E-state index in [0.29, 0.717) is 5.75 Å².